The van der Waals surface area contributed by atoms with Gasteiger partial charge in [-0.05, 0) is 24.6 Å². The maximum atomic E-state index is 12.2. The Kier molecular flexibility index (Phi) is 3.61. The Labute approximate surface area is 96.2 Å². The third kappa shape index (κ3) is 3.06. The fraction of sp³-hybridized carbons (Fsp3) is 0.300. The highest BCUT2D eigenvalue weighted by atomic mass is 32.2. The molecule has 0 heterocycles. The number of halogens is 3. The van der Waals surface area contributed by atoms with Crippen LogP contribution in [0.2, 0.25) is 0 Å². The van der Waals surface area contributed by atoms with Crippen molar-refractivity contribution in [1.82, 2.24) is 0 Å². The molecule has 3 nitrogen and oxygen atoms in total. The van der Waals surface area contributed by atoms with E-state index in [2.05, 4.69) is 0 Å². The summed E-state index contributed by atoms with van der Waals surface area (Å²) < 4.78 is 58.6. The van der Waals surface area contributed by atoms with Gasteiger partial charge in [0.05, 0.1) is 4.90 Å². The summed E-state index contributed by atoms with van der Waals surface area (Å²) >= 11 is 0. The van der Waals surface area contributed by atoms with Gasteiger partial charge in [0.2, 0.25) is 0 Å². The van der Waals surface area contributed by atoms with Crippen molar-refractivity contribution in [3.05, 3.63) is 29.8 Å². The molecule has 0 atom stereocenters. The third-order valence-corrected chi connectivity index (χ3v) is 3.49. The molecule has 17 heavy (non-hydrogen) atoms. The molecule has 0 radical (unpaired) electrons. The quantitative estimate of drug-likeness (QED) is 0.842. The van der Waals surface area contributed by atoms with Gasteiger partial charge in [-0.15, -0.1) is 0 Å². The molecule has 0 bridgehead atoms. The topological polar surface area (TPSA) is 51.2 Å². The van der Waals surface area contributed by atoms with E-state index in [4.69, 9.17) is 0 Å². The van der Waals surface area contributed by atoms with E-state index in [1.54, 1.807) is 0 Å². The van der Waals surface area contributed by atoms with Crippen molar-refractivity contribution < 1.29 is 26.4 Å². The van der Waals surface area contributed by atoms with Gasteiger partial charge in [-0.1, -0.05) is 12.1 Å². The molecule has 1 aromatic rings. The van der Waals surface area contributed by atoms with Gasteiger partial charge in [0, 0.05) is 6.42 Å². The fourth-order valence-corrected chi connectivity index (χ4v) is 1.97. The first-order chi connectivity index (χ1) is 7.64. The molecule has 0 fully saturated rings. The maximum absolute atomic E-state index is 12.2. The van der Waals surface area contributed by atoms with Gasteiger partial charge < -0.3 is 0 Å². The molecule has 0 unspecified atom stereocenters. The first kappa shape index (κ1) is 13.7. The van der Waals surface area contributed by atoms with Crippen LogP contribution in [0.1, 0.15) is 12.5 Å². The van der Waals surface area contributed by atoms with E-state index in [0.29, 0.717) is 5.56 Å². The summed E-state index contributed by atoms with van der Waals surface area (Å²) in [5.74, 6) is -0.156. The summed E-state index contributed by atoms with van der Waals surface area (Å²) in [4.78, 5) is 9.93. The second-order valence-electron chi connectivity index (χ2n) is 3.47. The Bertz CT molecular complexity index is 515. The average molecular weight is 266 g/mol. The second-order valence-corrected chi connectivity index (χ2v) is 5.41. The summed E-state index contributed by atoms with van der Waals surface area (Å²) in [5, 5.41) is 0. The minimum atomic E-state index is -5.31. The molecule has 0 N–H and O–H groups in total. The summed E-state index contributed by atoms with van der Waals surface area (Å²) in [5.41, 5.74) is -4.84. The van der Waals surface area contributed by atoms with E-state index in [-0.39, 0.29) is 12.2 Å². The molecule has 1 rings (SSSR count). The number of ketones is 1. The van der Waals surface area contributed by atoms with Gasteiger partial charge in [-0.3, -0.25) is 4.79 Å². The van der Waals surface area contributed by atoms with Crippen molar-refractivity contribution in [2.75, 3.05) is 0 Å². The molecule has 0 amide bonds. The summed E-state index contributed by atoms with van der Waals surface area (Å²) in [6.07, 6.45) is 0.0619. The van der Waals surface area contributed by atoms with Crippen LogP contribution in [0.5, 0.6) is 0 Å². The highest BCUT2D eigenvalue weighted by Gasteiger charge is 2.46. The van der Waals surface area contributed by atoms with Crippen molar-refractivity contribution in [2.24, 2.45) is 0 Å². The lowest BCUT2D eigenvalue weighted by Gasteiger charge is -2.08. The number of carbonyl (C=O) groups is 1. The summed E-state index contributed by atoms with van der Waals surface area (Å²) in [7, 11) is -5.31. The SMILES string of the molecule is CC(=O)Cc1ccc(S(=O)(=O)C(F)(F)F)cc1. The Morgan fingerprint density at radius 3 is 2.00 bits per heavy atom. The predicted molar refractivity (Wildman–Crippen MR) is 54.1 cm³/mol. The van der Waals surface area contributed by atoms with Crippen LogP contribution in [0, 0.1) is 0 Å². The average Bonchev–Trinajstić information content (AvgIpc) is 2.15. The summed E-state index contributed by atoms with van der Waals surface area (Å²) in [6.45, 7) is 1.33. The summed E-state index contributed by atoms with van der Waals surface area (Å²) in [6, 6.07) is 4.09. The van der Waals surface area contributed by atoms with Crippen LogP contribution in [0.4, 0.5) is 13.2 Å². The van der Waals surface area contributed by atoms with Crippen LogP contribution in [-0.2, 0) is 21.1 Å². The first-order valence-corrected chi connectivity index (χ1v) is 6.02. The van der Waals surface area contributed by atoms with Gasteiger partial charge in [0.25, 0.3) is 9.84 Å². The van der Waals surface area contributed by atoms with Gasteiger partial charge in [0.15, 0.2) is 0 Å². The van der Waals surface area contributed by atoms with Crippen LogP contribution >= 0.6 is 0 Å². The molecular formula is C10H9F3O3S. The molecule has 0 aliphatic heterocycles. The van der Waals surface area contributed by atoms with Crippen LogP contribution in [0.25, 0.3) is 0 Å². The van der Waals surface area contributed by atoms with Gasteiger partial charge in [-0.25, -0.2) is 8.42 Å². The highest BCUT2D eigenvalue weighted by Crippen LogP contribution is 2.30. The Morgan fingerprint density at radius 2 is 1.65 bits per heavy atom. The zero-order chi connectivity index (χ0) is 13.3. The van der Waals surface area contributed by atoms with Crippen LogP contribution < -0.4 is 0 Å². The van der Waals surface area contributed by atoms with Crippen LogP contribution in [-0.4, -0.2) is 19.7 Å². The molecule has 7 heteroatoms. The lowest BCUT2D eigenvalue weighted by molar-refractivity contribution is -0.116. The van der Waals surface area contributed by atoms with Gasteiger partial charge >= 0.3 is 5.51 Å². The van der Waals surface area contributed by atoms with Crippen molar-refractivity contribution >= 4 is 15.6 Å². The predicted octanol–water partition coefficient (Wildman–Crippen LogP) is 2.11. The number of Topliss-reactive ketones (excluding diaryl/α,β-unsaturated/α-hetero) is 1. The number of carbonyl (C=O) groups excluding carboxylic acids is 1. The zero-order valence-electron chi connectivity index (χ0n) is 8.78. The van der Waals surface area contributed by atoms with E-state index >= 15 is 0 Å². The van der Waals surface area contributed by atoms with Crippen LogP contribution in [0.15, 0.2) is 29.2 Å². The van der Waals surface area contributed by atoms with Gasteiger partial charge in [0.1, 0.15) is 5.78 Å². The number of sulfone groups is 1. The zero-order valence-corrected chi connectivity index (χ0v) is 9.60. The van der Waals surface area contributed by atoms with Crippen molar-refractivity contribution in [1.29, 1.82) is 0 Å². The largest absolute Gasteiger partial charge is 0.501 e. The molecule has 0 aromatic heterocycles. The van der Waals surface area contributed by atoms with E-state index < -0.39 is 20.2 Å². The number of hydrogen-bond donors (Lipinski definition) is 0. The van der Waals surface area contributed by atoms with E-state index in [1.807, 2.05) is 0 Å². The monoisotopic (exact) mass is 266 g/mol. The normalized spacial score (nSPS) is 12.5. The molecule has 94 valence electrons. The number of benzene rings is 1. The molecule has 0 saturated carbocycles. The van der Waals surface area contributed by atoms with Crippen LogP contribution in [0.3, 0.4) is 0 Å². The Balaban J connectivity index is 3.08. The number of rotatable bonds is 3. The minimum Gasteiger partial charge on any atom is -0.300 e. The van der Waals surface area contributed by atoms with Crippen molar-refractivity contribution in [2.45, 2.75) is 23.7 Å². The molecular weight excluding hydrogens is 257 g/mol. The highest BCUT2D eigenvalue weighted by molar-refractivity contribution is 7.92. The molecule has 1 aromatic carbocycles. The molecule has 0 spiro atoms. The molecule has 0 saturated heterocycles. The van der Waals surface area contributed by atoms with E-state index in [0.717, 1.165) is 12.1 Å². The molecule has 0 aliphatic rings. The van der Waals surface area contributed by atoms with E-state index in [1.165, 1.54) is 19.1 Å². The Hall–Kier alpha value is -1.37. The third-order valence-electron chi connectivity index (χ3n) is 1.99. The number of alkyl halides is 3. The van der Waals surface area contributed by atoms with Gasteiger partial charge in [-0.2, -0.15) is 13.2 Å². The fourth-order valence-electron chi connectivity index (χ4n) is 1.21. The standard InChI is InChI=1S/C10H9F3O3S/c1-7(14)6-8-2-4-9(5-3-8)17(15,16)10(11,12)13/h2-5H,6H2,1H3. The lowest BCUT2D eigenvalue weighted by atomic mass is 10.1. The maximum Gasteiger partial charge on any atom is 0.501 e. The van der Waals surface area contributed by atoms with Crippen molar-refractivity contribution in [3.63, 3.8) is 0 Å². The lowest BCUT2D eigenvalue weighted by Crippen LogP contribution is -2.23. The number of hydrogen-bond acceptors (Lipinski definition) is 3. The molecule has 0 aliphatic carbocycles. The smallest absolute Gasteiger partial charge is 0.300 e. The first-order valence-electron chi connectivity index (χ1n) is 4.54. The minimum absolute atomic E-state index is 0.0619. The van der Waals surface area contributed by atoms with E-state index in [9.17, 15) is 26.4 Å². The second kappa shape index (κ2) is 4.48. The van der Waals surface area contributed by atoms with Crippen molar-refractivity contribution in [3.8, 4) is 0 Å². The Morgan fingerprint density at radius 1 is 1.18 bits per heavy atom.